The van der Waals surface area contributed by atoms with Gasteiger partial charge in [-0.05, 0) is 25.1 Å². The lowest BCUT2D eigenvalue weighted by Crippen LogP contribution is -2.48. The monoisotopic (exact) mass is 372 g/mol. The molecule has 0 unspecified atom stereocenters. The molecule has 1 aromatic heterocycles. The summed E-state index contributed by atoms with van der Waals surface area (Å²) < 4.78 is 1.01. The van der Waals surface area contributed by atoms with Crippen molar-refractivity contribution in [3.63, 3.8) is 0 Å². The molecule has 0 saturated carbocycles. The van der Waals surface area contributed by atoms with Gasteiger partial charge in [-0.2, -0.15) is 0 Å². The Balaban J connectivity index is 1.43. The minimum absolute atomic E-state index is 0.0661. The number of amides is 1. The van der Waals surface area contributed by atoms with E-state index >= 15 is 0 Å². The second-order valence-corrected chi connectivity index (χ2v) is 8.86. The maximum absolute atomic E-state index is 12.8. The number of carbonyl (C=O) groups excluding carboxylic acids is 2. The van der Waals surface area contributed by atoms with Crippen LogP contribution < -0.4 is 4.90 Å². The Labute approximate surface area is 155 Å². The Morgan fingerprint density at radius 3 is 2.48 bits per heavy atom. The molecule has 1 saturated heterocycles. The van der Waals surface area contributed by atoms with Crippen LogP contribution >= 0.6 is 23.1 Å². The highest BCUT2D eigenvalue weighted by molar-refractivity contribution is 8.01. The first-order valence-corrected chi connectivity index (χ1v) is 10.3. The number of Topliss-reactive ketones (excluding diaryl/α,β-unsaturated/α-hetero) is 1. The molecule has 0 N–H and O–H groups in total. The van der Waals surface area contributed by atoms with Gasteiger partial charge in [0.25, 0.3) is 5.91 Å². The summed E-state index contributed by atoms with van der Waals surface area (Å²) in [6.45, 7) is 5.21. The molecule has 130 valence electrons. The number of aryl methyl sites for hydroxylation is 1. The van der Waals surface area contributed by atoms with E-state index in [9.17, 15) is 9.59 Å². The molecule has 0 bridgehead atoms. The Hall–Kier alpha value is -1.79. The third-order valence-electron chi connectivity index (χ3n) is 4.74. The zero-order valence-corrected chi connectivity index (χ0v) is 15.8. The second kappa shape index (κ2) is 6.84. The van der Waals surface area contributed by atoms with Crippen molar-refractivity contribution in [2.24, 2.45) is 0 Å². The predicted molar refractivity (Wildman–Crippen MR) is 103 cm³/mol. The number of nitrogens with zero attached hydrogens (tertiary/aromatic N) is 2. The summed E-state index contributed by atoms with van der Waals surface area (Å²) in [6, 6.07) is 10.3. The van der Waals surface area contributed by atoms with Gasteiger partial charge < -0.3 is 9.80 Å². The Kier molecular flexibility index (Phi) is 4.56. The van der Waals surface area contributed by atoms with E-state index in [0.717, 1.165) is 41.7 Å². The highest BCUT2D eigenvalue weighted by Gasteiger charge is 2.27. The van der Waals surface area contributed by atoms with Crippen molar-refractivity contribution in [1.82, 2.24) is 4.90 Å². The lowest BCUT2D eigenvalue weighted by atomic mass is 10.1. The summed E-state index contributed by atoms with van der Waals surface area (Å²) in [4.78, 5) is 29.7. The number of fused-ring (bicyclic) bond motifs is 1. The smallest absolute Gasteiger partial charge is 0.264 e. The normalized spacial score (nSPS) is 17.6. The number of benzene rings is 1. The molecule has 0 radical (unpaired) electrons. The van der Waals surface area contributed by atoms with Crippen LogP contribution in [0.1, 0.15) is 32.0 Å². The number of ketones is 1. The van der Waals surface area contributed by atoms with Gasteiger partial charge in [0.1, 0.15) is 0 Å². The van der Waals surface area contributed by atoms with Crippen molar-refractivity contribution in [2.75, 3.05) is 36.8 Å². The number of hydrogen-bond acceptors (Lipinski definition) is 5. The lowest BCUT2D eigenvalue weighted by molar-refractivity contribution is 0.0751. The van der Waals surface area contributed by atoms with Gasteiger partial charge >= 0.3 is 0 Å². The van der Waals surface area contributed by atoms with E-state index in [-0.39, 0.29) is 11.7 Å². The first-order valence-electron chi connectivity index (χ1n) is 8.52. The highest BCUT2D eigenvalue weighted by Crippen LogP contribution is 2.37. The molecular weight excluding hydrogens is 352 g/mol. The van der Waals surface area contributed by atoms with E-state index in [4.69, 9.17) is 0 Å². The zero-order valence-electron chi connectivity index (χ0n) is 14.2. The van der Waals surface area contributed by atoms with Crippen LogP contribution in [0.4, 0.5) is 5.69 Å². The van der Waals surface area contributed by atoms with Crippen molar-refractivity contribution in [3.8, 4) is 0 Å². The third kappa shape index (κ3) is 3.33. The fraction of sp³-hybridized carbons (Fsp3) is 0.368. The van der Waals surface area contributed by atoms with Crippen LogP contribution in [0.25, 0.3) is 0 Å². The molecule has 1 amide bonds. The van der Waals surface area contributed by atoms with Crippen LogP contribution in [0, 0.1) is 6.92 Å². The average molecular weight is 373 g/mol. The van der Waals surface area contributed by atoms with Crippen molar-refractivity contribution >= 4 is 40.5 Å². The van der Waals surface area contributed by atoms with Crippen LogP contribution in [0.15, 0.2) is 34.5 Å². The molecule has 0 atom stereocenters. The van der Waals surface area contributed by atoms with Crippen molar-refractivity contribution in [1.29, 1.82) is 0 Å². The fourth-order valence-electron chi connectivity index (χ4n) is 3.23. The van der Waals surface area contributed by atoms with E-state index < -0.39 is 0 Å². The van der Waals surface area contributed by atoms with Gasteiger partial charge in [-0.1, -0.05) is 17.7 Å². The number of carbonyl (C=O) groups is 2. The number of piperazine rings is 1. The van der Waals surface area contributed by atoms with Gasteiger partial charge in [0.2, 0.25) is 0 Å². The van der Waals surface area contributed by atoms with Gasteiger partial charge in [-0.25, -0.2) is 0 Å². The second-order valence-electron chi connectivity index (χ2n) is 6.45. The molecular formula is C19H20N2O2S2. The van der Waals surface area contributed by atoms with Crippen molar-refractivity contribution < 1.29 is 9.59 Å². The molecule has 2 aromatic rings. The summed E-state index contributed by atoms with van der Waals surface area (Å²) in [7, 11) is 0. The number of rotatable bonds is 2. The van der Waals surface area contributed by atoms with Gasteiger partial charge in [0.05, 0.1) is 9.09 Å². The molecule has 4 rings (SSSR count). The zero-order chi connectivity index (χ0) is 17.4. The maximum atomic E-state index is 12.8. The molecule has 0 spiro atoms. The molecule has 4 nitrogen and oxygen atoms in total. The SMILES string of the molecule is Cc1ccc(N2CCN(C(=O)c3cc4c(s3)SCCC4=O)CC2)cc1. The molecule has 1 aromatic carbocycles. The molecule has 25 heavy (non-hydrogen) atoms. The molecule has 6 heteroatoms. The summed E-state index contributed by atoms with van der Waals surface area (Å²) in [5, 5.41) is 0. The Morgan fingerprint density at radius 1 is 1.08 bits per heavy atom. The fourth-order valence-corrected chi connectivity index (χ4v) is 5.66. The first kappa shape index (κ1) is 16.7. The maximum Gasteiger partial charge on any atom is 0.264 e. The Bertz CT molecular complexity index is 805. The minimum Gasteiger partial charge on any atom is -0.368 e. The van der Waals surface area contributed by atoms with E-state index in [1.54, 1.807) is 11.8 Å². The molecule has 0 aliphatic carbocycles. The Morgan fingerprint density at radius 2 is 1.80 bits per heavy atom. The molecule has 2 aliphatic heterocycles. The van der Waals surface area contributed by atoms with E-state index in [1.807, 2.05) is 11.0 Å². The highest BCUT2D eigenvalue weighted by atomic mass is 32.2. The minimum atomic E-state index is 0.0661. The molecule has 3 heterocycles. The average Bonchev–Trinajstić information content (AvgIpc) is 3.08. The first-order chi connectivity index (χ1) is 12.1. The number of thioether (sulfide) groups is 1. The van der Waals surface area contributed by atoms with Crippen molar-refractivity contribution in [2.45, 2.75) is 17.6 Å². The van der Waals surface area contributed by atoms with Gasteiger partial charge in [-0.3, -0.25) is 9.59 Å². The van der Waals surface area contributed by atoms with Gasteiger partial charge in [-0.15, -0.1) is 23.1 Å². The summed E-state index contributed by atoms with van der Waals surface area (Å²) in [6.07, 6.45) is 0.581. The number of hydrogen-bond donors (Lipinski definition) is 0. The standard InChI is InChI=1S/C19H20N2O2S2/c1-13-2-4-14(5-3-13)20-7-9-21(10-8-20)18(23)17-12-15-16(22)6-11-24-19(15)25-17/h2-5,12H,6-11H2,1H3. The van der Waals surface area contributed by atoms with E-state index in [2.05, 4.69) is 36.1 Å². The largest absolute Gasteiger partial charge is 0.368 e. The summed E-state index contributed by atoms with van der Waals surface area (Å²) >= 11 is 3.17. The number of thiophene rings is 1. The topological polar surface area (TPSA) is 40.6 Å². The van der Waals surface area contributed by atoms with Crippen molar-refractivity contribution in [3.05, 3.63) is 46.3 Å². The number of anilines is 1. The van der Waals surface area contributed by atoms with Gasteiger partial charge in [0.15, 0.2) is 5.78 Å². The molecule has 2 aliphatic rings. The van der Waals surface area contributed by atoms with Crippen LogP contribution in [0.2, 0.25) is 0 Å². The summed E-state index contributed by atoms with van der Waals surface area (Å²) in [5.41, 5.74) is 3.22. The van der Waals surface area contributed by atoms with E-state index in [1.165, 1.54) is 22.6 Å². The van der Waals surface area contributed by atoms with Crippen LogP contribution in [-0.4, -0.2) is 48.5 Å². The summed E-state index contributed by atoms with van der Waals surface area (Å²) in [5.74, 6) is 1.07. The van der Waals surface area contributed by atoms with E-state index in [0.29, 0.717) is 11.3 Å². The third-order valence-corrected chi connectivity index (χ3v) is 7.15. The van der Waals surface area contributed by atoms with Crippen LogP contribution in [0.3, 0.4) is 0 Å². The van der Waals surface area contributed by atoms with Gasteiger partial charge in [0, 0.05) is 49.6 Å². The van der Waals surface area contributed by atoms with Crippen LogP contribution in [-0.2, 0) is 0 Å². The quantitative estimate of drug-likeness (QED) is 0.806. The molecule has 1 fully saturated rings. The predicted octanol–water partition coefficient (Wildman–Crippen LogP) is 3.70. The lowest BCUT2D eigenvalue weighted by Gasteiger charge is -2.36. The van der Waals surface area contributed by atoms with Crippen LogP contribution in [0.5, 0.6) is 0 Å².